The molecule has 1 N–H and O–H groups in total. The van der Waals surface area contributed by atoms with Gasteiger partial charge in [0.15, 0.2) is 0 Å². The van der Waals surface area contributed by atoms with Crippen molar-refractivity contribution >= 4 is 33.4 Å². The van der Waals surface area contributed by atoms with Gasteiger partial charge >= 0.3 is 0 Å². The molecule has 0 aliphatic carbocycles. The Bertz CT molecular complexity index is 838. The number of rotatable bonds is 1. The maximum Gasteiger partial charge on any atom is 0.265 e. The third-order valence-electron chi connectivity index (χ3n) is 3.96. The topological polar surface area (TPSA) is 84.3 Å². The SMILES string of the molecule is Cc1c(C(=O)N2CCNC(=O)C2C)sc2ncn(C)c(=O)c12. The summed E-state index contributed by atoms with van der Waals surface area (Å²) < 4.78 is 1.40. The van der Waals surface area contributed by atoms with E-state index in [2.05, 4.69) is 10.3 Å². The van der Waals surface area contributed by atoms with Crippen molar-refractivity contribution in [2.75, 3.05) is 13.1 Å². The fraction of sp³-hybridized carbons (Fsp3) is 0.429. The van der Waals surface area contributed by atoms with Gasteiger partial charge < -0.3 is 14.8 Å². The number of fused-ring (bicyclic) bond motifs is 1. The first-order chi connectivity index (χ1) is 10.4. The highest BCUT2D eigenvalue weighted by molar-refractivity contribution is 7.20. The number of aromatic nitrogens is 2. The third kappa shape index (κ3) is 2.10. The molecule has 116 valence electrons. The number of nitrogens with one attached hydrogen (secondary N) is 1. The molecule has 1 saturated heterocycles. The van der Waals surface area contributed by atoms with Crippen LogP contribution in [0.1, 0.15) is 22.2 Å². The van der Waals surface area contributed by atoms with Crippen molar-refractivity contribution in [3.63, 3.8) is 0 Å². The maximum absolute atomic E-state index is 12.8. The van der Waals surface area contributed by atoms with Gasteiger partial charge in [0.25, 0.3) is 11.5 Å². The molecule has 0 bridgehead atoms. The van der Waals surface area contributed by atoms with Crippen LogP contribution < -0.4 is 10.9 Å². The molecule has 1 aliphatic heterocycles. The molecule has 2 aromatic rings. The Labute approximate surface area is 130 Å². The number of nitrogens with zero attached hydrogens (tertiary/aromatic N) is 3. The first kappa shape index (κ1) is 14.7. The van der Waals surface area contributed by atoms with E-state index in [1.165, 1.54) is 22.2 Å². The number of carbonyl (C=O) groups excluding carboxylic acids is 2. The number of hydrogen-bond acceptors (Lipinski definition) is 5. The number of thiophene rings is 1. The van der Waals surface area contributed by atoms with Gasteiger partial charge in [0.05, 0.1) is 16.6 Å². The van der Waals surface area contributed by atoms with Gasteiger partial charge in [-0.05, 0) is 19.4 Å². The molecular weight excluding hydrogens is 304 g/mol. The highest BCUT2D eigenvalue weighted by Gasteiger charge is 2.32. The van der Waals surface area contributed by atoms with Gasteiger partial charge in [-0.25, -0.2) is 4.98 Å². The summed E-state index contributed by atoms with van der Waals surface area (Å²) in [7, 11) is 1.63. The molecule has 1 fully saturated rings. The van der Waals surface area contributed by atoms with Crippen LogP contribution in [0.3, 0.4) is 0 Å². The molecule has 1 unspecified atom stereocenters. The Morgan fingerprint density at radius 3 is 2.91 bits per heavy atom. The van der Waals surface area contributed by atoms with Crippen molar-refractivity contribution in [3.05, 3.63) is 27.1 Å². The van der Waals surface area contributed by atoms with Crippen molar-refractivity contribution in [1.82, 2.24) is 19.8 Å². The molecule has 2 aromatic heterocycles. The minimum atomic E-state index is -0.512. The van der Waals surface area contributed by atoms with Crippen molar-refractivity contribution in [2.24, 2.45) is 7.05 Å². The molecule has 2 amide bonds. The van der Waals surface area contributed by atoms with Crippen molar-refractivity contribution in [1.29, 1.82) is 0 Å². The lowest BCUT2D eigenvalue weighted by Gasteiger charge is -2.32. The third-order valence-corrected chi connectivity index (χ3v) is 5.15. The summed E-state index contributed by atoms with van der Waals surface area (Å²) in [6.07, 6.45) is 1.45. The van der Waals surface area contributed by atoms with E-state index in [1.54, 1.807) is 25.8 Å². The fourth-order valence-electron chi connectivity index (χ4n) is 2.60. The van der Waals surface area contributed by atoms with Gasteiger partial charge in [-0.15, -0.1) is 11.3 Å². The van der Waals surface area contributed by atoms with E-state index in [0.717, 1.165) is 0 Å². The molecule has 7 nitrogen and oxygen atoms in total. The predicted octanol–water partition coefficient (Wildman–Crippen LogP) is 0.264. The molecule has 1 aliphatic rings. The van der Waals surface area contributed by atoms with Gasteiger partial charge in [0.1, 0.15) is 10.9 Å². The molecule has 0 radical (unpaired) electrons. The van der Waals surface area contributed by atoms with Gasteiger partial charge in [-0.2, -0.15) is 0 Å². The average molecular weight is 320 g/mol. The van der Waals surface area contributed by atoms with Crippen LogP contribution in [-0.4, -0.2) is 45.4 Å². The summed E-state index contributed by atoms with van der Waals surface area (Å²) in [5.41, 5.74) is 0.471. The molecule has 0 spiro atoms. The Morgan fingerprint density at radius 2 is 2.18 bits per heavy atom. The smallest absolute Gasteiger partial charge is 0.265 e. The van der Waals surface area contributed by atoms with Crippen LogP contribution in [0.5, 0.6) is 0 Å². The summed E-state index contributed by atoms with van der Waals surface area (Å²) in [6, 6.07) is -0.512. The summed E-state index contributed by atoms with van der Waals surface area (Å²) in [5, 5.41) is 3.21. The minimum absolute atomic E-state index is 0.160. The lowest BCUT2D eigenvalue weighted by atomic mass is 10.1. The largest absolute Gasteiger partial charge is 0.353 e. The van der Waals surface area contributed by atoms with Gasteiger partial charge in [-0.3, -0.25) is 14.4 Å². The second kappa shape index (κ2) is 5.20. The zero-order valence-corrected chi connectivity index (χ0v) is 13.4. The number of amides is 2. The second-order valence-corrected chi connectivity index (χ2v) is 6.36. The Hall–Kier alpha value is -2.22. The van der Waals surface area contributed by atoms with E-state index >= 15 is 0 Å². The van der Waals surface area contributed by atoms with Crippen LogP contribution in [0.4, 0.5) is 0 Å². The minimum Gasteiger partial charge on any atom is -0.353 e. The first-order valence-electron chi connectivity index (χ1n) is 6.95. The van der Waals surface area contributed by atoms with Crippen molar-refractivity contribution in [3.8, 4) is 0 Å². The van der Waals surface area contributed by atoms with Gasteiger partial charge in [-0.1, -0.05) is 0 Å². The second-order valence-electron chi connectivity index (χ2n) is 5.36. The van der Waals surface area contributed by atoms with E-state index in [1.807, 2.05) is 0 Å². The molecule has 0 saturated carbocycles. The Balaban J connectivity index is 2.09. The maximum atomic E-state index is 12.8. The van der Waals surface area contributed by atoms with E-state index in [9.17, 15) is 14.4 Å². The van der Waals surface area contributed by atoms with E-state index in [-0.39, 0.29) is 17.4 Å². The first-order valence-corrected chi connectivity index (χ1v) is 7.77. The van der Waals surface area contributed by atoms with Crippen LogP contribution in [-0.2, 0) is 11.8 Å². The average Bonchev–Trinajstić information content (AvgIpc) is 2.83. The summed E-state index contributed by atoms with van der Waals surface area (Å²) in [6.45, 7) is 4.36. The van der Waals surface area contributed by atoms with Gasteiger partial charge in [0, 0.05) is 20.1 Å². The normalized spacial score (nSPS) is 18.6. The van der Waals surface area contributed by atoms with Crippen LogP contribution in [0.2, 0.25) is 0 Å². The summed E-state index contributed by atoms with van der Waals surface area (Å²) >= 11 is 1.20. The molecule has 22 heavy (non-hydrogen) atoms. The summed E-state index contributed by atoms with van der Waals surface area (Å²) in [5.74, 6) is -0.377. The highest BCUT2D eigenvalue weighted by atomic mass is 32.1. The Kier molecular flexibility index (Phi) is 3.48. The Morgan fingerprint density at radius 1 is 1.45 bits per heavy atom. The van der Waals surface area contributed by atoms with Gasteiger partial charge in [0.2, 0.25) is 5.91 Å². The summed E-state index contributed by atoms with van der Waals surface area (Å²) in [4.78, 5) is 43.5. The standard InChI is InChI=1S/C14H16N4O3S/c1-7-9-12(16-6-17(3)13(9)20)22-10(7)14(21)18-5-4-15-11(19)8(18)2/h6,8H,4-5H2,1-3H3,(H,15,19). The highest BCUT2D eigenvalue weighted by Crippen LogP contribution is 2.28. The predicted molar refractivity (Wildman–Crippen MR) is 83.1 cm³/mol. The van der Waals surface area contributed by atoms with Crippen LogP contribution >= 0.6 is 11.3 Å². The van der Waals surface area contributed by atoms with Crippen LogP contribution in [0.25, 0.3) is 10.2 Å². The van der Waals surface area contributed by atoms with Crippen molar-refractivity contribution in [2.45, 2.75) is 19.9 Å². The number of aryl methyl sites for hydroxylation is 2. The fourth-order valence-corrected chi connectivity index (χ4v) is 3.70. The van der Waals surface area contributed by atoms with E-state index < -0.39 is 6.04 Å². The molecule has 0 aromatic carbocycles. The van der Waals surface area contributed by atoms with E-state index in [0.29, 0.717) is 33.7 Å². The number of carbonyl (C=O) groups is 2. The van der Waals surface area contributed by atoms with Crippen LogP contribution in [0.15, 0.2) is 11.1 Å². The quantitative estimate of drug-likeness (QED) is 0.817. The monoisotopic (exact) mass is 320 g/mol. The van der Waals surface area contributed by atoms with Crippen LogP contribution in [0, 0.1) is 6.92 Å². The molecule has 3 rings (SSSR count). The lowest BCUT2D eigenvalue weighted by molar-refractivity contribution is -0.127. The zero-order valence-electron chi connectivity index (χ0n) is 12.5. The number of piperazine rings is 1. The molecule has 3 heterocycles. The van der Waals surface area contributed by atoms with Crippen molar-refractivity contribution < 1.29 is 9.59 Å². The molecular formula is C14H16N4O3S. The van der Waals surface area contributed by atoms with E-state index in [4.69, 9.17) is 0 Å². The zero-order chi connectivity index (χ0) is 16.0. The molecule has 1 atom stereocenters. The molecule has 8 heteroatoms. The number of hydrogen-bond donors (Lipinski definition) is 1. The lowest BCUT2D eigenvalue weighted by Crippen LogP contribution is -2.55.